The Morgan fingerprint density at radius 3 is 1.18 bits per heavy atom. The van der Waals surface area contributed by atoms with Crippen molar-refractivity contribution in [2.75, 3.05) is 73.7 Å². The van der Waals surface area contributed by atoms with Crippen molar-refractivity contribution in [3.05, 3.63) is 35.9 Å². The number of aliphatic hydroxyl groups is 3. The molecule has 20 nitrogen and oxygen atoms in total. The molecule has 500 valence electrons. The number of hydrogen-bond acceptors (Lipinski definition) is 17. The van der Waals surface area contributed by atoms with Gasteiger partial charge in [0.1, 0.15) is 53.7 Å². The van der Waals surface area contributed by atoms with Gasteiger partial charge < -0.3 is 73.2 Å². The predicted octanol–water partition coefficient (Wildman–Crippen LogP) is 10.6. The molecule has 4 N–H and O–H groups in total. The molecule has 0 aliphatic carbocycles. The molecule has 0 unspecified atom stereocenters. The number of methoxy groups -OCH3 is 2. The van der Waals surface area contributed by atoms with E-state index in [-0.39, 0.29) is 205 Å². The first-order valence-corrected chi connectivity index (χ1v) is 24.8. The molecule has 4 heterocycles. The van der Waals surface area contributed by atoms with Crippen LogP contribution in [0.1, 0.15) is 137 Å². The van der Waals surface area contributed by atoms with Crippen molar-refractivity contribution in [2.45, 2.75) is 209 Å². The molecular weight excluding hydrogens is 1230 g/mol. The number of aliphatic hydroxyl groups excluding tert-OH is 3. The van der Waals surface area contributed by atoms with E-state index >= 15 is 0 Å². The molecule has 0 saturated carbocycles. The maximum absolute atomic E-state index is 13.5. The van der Waals surface area contributed by atoms with Gasteiger partial charge in [-0.3, -0.25) is 0 Å². The molecule has 4 fully saturated rings. The fourth-order valence-corrected chi connectivity index (χ4v) is 6.57. The molecule has 1 aromatic carbocycles. The molecule has 8 atom stereocenters. The first-order chi connectivity index (χ1) is 34.6. The second-order valence-corrected chi connectivity index (χ2v) is 21.5. The zero-order valence-corrected chi connectivity index (χ0v) is 52.3. The number of carbonyl (C=O) groups is 5. The van der Waals surface area contributed by atoms with Gasteiger partial charge in [-0.15, -0.1) is 24.8 Å². The summed E-state index contributed by atoms with van der Waals surface area (Å²) in [4.78, 5) is 60.9. The largest absolute Gasteiger partial charge is 0.519 e. The minimum Gasteiger partial charge on any atom is -0.445 e. The van der Waals surface area contributed by atoms with E-state index in [2.05, 4.69) is 10.1 Å². The number of halogens is 6. The molecule has 3 amide bonds. The van der Waals surface area contributed by atoms with Crippen molar-refractivity contribution < 1.29 is 208 Å². The summed E-state index contributed by atoms with van der Waals surface area (Å²) in [5.74, 6) is 0. The standard InChI is InChI=1S/C13H16FNO3.C11H20FNO3.C10H18FNO3.C10H18O5.C6H12FNO.CH4O.3CH4.3Ar.2ClH/c14-11-8-15(7-6-12(11)16)13(17)18-9-10-4-2-1-3-5-10;1-11(2,3)16-10(14)13-6-5-9(15-4)8(12)7-13;1-10(2,3)15-9(14)12-5-4-8(13)7(11)6-12;1-9(2,3)14-7(11)13-8(12)15-10(4,5)6;1-9-6-2-3-8-4-5(6)7;1-2;;;;;;;;/h1-5,11-12,16H,6-9H2;8-9H,5-7H2,1-4H3;7-8,13H,4-6H2,1-3H3;1-6H3;5-6,8H,2-4H2,1H3;2H,1H3;3*1H4;;;;2*1H/t11-,12-;8-,9+;7-,8-;;5-,6+;;;;;;;;;/m000.0........./s1. The molecule has 29 heteroatoms. The Morgan fingerprint density at radius 1 is 0.530 bits per heavy atom. The summed E-state index contributed by atoms with van der Waals surface area (Å²) < 4.78 is 91.6. The summed E-state index contributed by atoms with van der Waals surface area (Å²) in [6.45, 7) is 23.2. The number of carbonyl (C=O) groups excluding carboxylic acids is 5. The van der Waals surface area contributed by atoms with Crippen molar-refractivity contribution in [2.24, 2.45) is 0 Å². The molecule has 4 aliphatic rings. The van der Waals surface area contributed by atoms with Crippen LogP contribution in [0.2, 0.25) is 0 Å². The quantitative estimate of drug-likeness (QED) is 0.0948. The minimum atomic E-state index is -1.39. The topological polar surface area (TPSA) is 242 Å². The maximum atomic E-state index is 13.5. The van der Waals surface area contributed by atoms with Crippen LogP contribution < -0.4 is 5.32 Å². The summed E-state index contributed by atoms with van der Waals surface area (Å²) in [6.07, 6.45) is -9.01. The van der Waals surface area contributed by atoms with Crippen molar-refractivity contribution in [3.8, 4) is 0 Å². The number of ether oxygens (including phenoxy) is 8. The van der Waals surface area contributed by atoms with Crippen molar-refractivity contribution in [1.29, 1.82) is 0 Å². The fraction of sp³-hybridized carbons (Fsp3) is 0.796. The van der Waals surface area contributed by atoms with Crippen LogP contribution in [0, 0.1) is 113 Å². The zero-order chi connectivity index (χ0) is 57.9. The van der Waals surface area contributed by atoms with Gasteiger partial charge in [0.05, 0.1) is 44.1 Å². The predicted molar refractivity (Wildman–Crippen MR) is 305 cm³/mol. The van der Waals surface area contributed by atoms with Gasteiger partial charge in [0.15, 0.2) is 0 Å². The second kappa shape index (κ2) is 51.4. The van der Waals surface area contributed by atoms with E-state index in [1.165, 1.54) is 21.8 Å². The number of benzene rings is 1. The third-order valence-electron chi connectivity index (χ3n) is 10.2. The van der Waals surface area contributed by atoms with E-state index in [1.807, 2.05) is 30.3 Å². The summed E-state index contributed by atoms with van der Waals surface area (Å²) in [6, 6.07) is 9.30. The van der Waals surface area contributed by atoms with Gasteiger partial charge in [0, 0.05) is 161 Å². The van der Waals surface area contributed by atoms with E-state index in [4.69, 9.17) is 43.4 Å². The molecule has 0 aromatic heterocycles. The fourth-order valence-electron chi connectivity index (χ4n) is 6.57. The van der Waals surface area contributed by atoms with E-state index < -0.39 is 96.0 Å². The third kappa shape index (κ3) is 49.1. The van der Waals surface area contributed by atoms with Gasteiger partial charge in [0.2, 0.25) is 0 Å². The van der Waals surface area contributed by atoms with Gasteiger partial charge in [-0.1, -0.05) is 52.6 Å². The molecule has 83 heavy (non-hydrogen) atoms. The average molecular weight is 1330 g/mol. The summed E-state index contributed by atoms with van der Waals surface area (Å²) in [7, 11) is 4.04. The number of alkyl halides is 4. The first-order valence-electron chi connectivity index (χ1n) is 24.8. The average Bonchev–Trinajstić information content (AvgIpc) is 3.29. The number of nitrogens with zero attached hydrogens (tertiary/aromatic N) is 3. The van der Waals surface area contributed by atoms with E-state index in [9.17, 15) is 46.6 Å². The van der Waals surface area contributed by atoms with Crippen LogP contribution in [0.4, 0.5) is 41.5 Å². The SMILES string of the molecule is C.C.C.CC(C)(C)OC(=O)N1CC[C@H](O)[C@@H](F)C1.CC(C)(C)OC(=O)OC(=O)OC(C)(C)C.CO.CO[C@@H]1CCN(C(=O)OC(C)(C)C)C[C@@H]1F.CO[C@@H]1CCNC[C@@H]1F.Cl.Cl.O=C(OCc1ccccc1)N1CC[C@H](O)[C@@H](F)C1.[Ar].[Ar].[Ar]. The summed E-state index contributed by atoms with van der Waals surface area (Å²) >= 11 is 0. The van der Waals surface area contributed by atoms with E-state index in [0.29, 0.717) is 32.6 Å². The van der Waals surface area contributed by atoms with E-state index in [0.717, 1.165) is 25.6 Å². The number of rotatable bonds is 4. The normalized spacial score (nSPS) is 21.5. The van der Waals surface area contributed by atoms with Crippen molar-refractivity contribution >= 4 is 55.4 Å². The number of amides is 3. The number of piperidine rings is 4. The zero-order valence-electron chi connectivity index (χ0n) is 48.6. The van der Waals surface area contributed by atoms with Gasteiger partial charge in [-0.25, -0.2) is 41.5 Å². The van der Waals surface area contributed by atoms with Gasteiger partial charge in [-0.05, 0) is 121 Å². The molecule has 4 saturated heterocycles. The Morgan fingerprint density at radius 2 is 0.867 bits per heavy atom. The van der Waals surface area contributed by atoms with Crippen LogP contribution in [0.25, 0.3) is 0 Å². The van der Waals surface area contributed by atoms with Crippen LogP contribution in [-0.4, -0.2) is 206 Å². The Labute approximate surface area is 595 Å². The molecule has 0 bridgehead atoms. The number of nitrogens with one attached hydrogen (secondary N) is 1. The molecule has 0 radical (unpaired) electrons. The Balaban J connectivity index is -0.000000115. The van der Waals surface area contributed by atoms with Gasteiger partial charge >= 0.3 is 30.6 Å². The van der Waals surface area contributed by atoms with Crippen LogP contribution in [0.3, 0.4) is 0 Å². The Bertz CT molecular complexity index is 1810. The monoisotopic (exact) mass is 1330 g/mol. The summed E-state index contributed by atoms with van der Waals surface area (Å²) in [5.41, 5.74) is -1.61. The van der Waals surface area contributed by atoms with Crippen molar-refractivity contribution in [3.63, 3.8) is 0 Å². The van der Waals surface area contributed by atoms with Crippen LogP contribution in [0.5, 0.6) is 0 Å². The Kier molecular flexibility index (Phi) is 62.8. The summed E-state index contributed by atoms with van der Waals surface area (Å²) in [5, 5.41) is 28.3. The number of hydrogen-bond donors (Lipinski definition) is 4. The first kappa shape index (κ1) is 102. The molecule has 5 rings (SSSR count). The Hall–Kier alpha value is -0.391. The molecular formula is C54H102Ar3Cl2F4N4O16. The van der Waals surface area contributed by atoms with Crippen LogP contribution in [-0.2, 0) is 44.5 Å². The second-order valence-electron chi connectivity index (χ2n) is 21.5. The molecule has 1 aromatic rings. The smallest absolute Gasteiger partial charge is 0.445 e. The van der Waals surface area contributed by atoms with Gasteiger partial charge in [-0.2, -0.15) is 0 Å². The van der Waals surface area contributed by atoms with Crippen molar-refractivity contribution in [1.82, 2.24) is 20.0 Å². The third-order valence-corrected chi connectivity index (χ3v) is 10.2. The van der Waals surface area contributed by atoms with E-state index in [1.54, 1.807) is 90.2 Å². The maximum Gasteiger partial charge on any atom is 0.519 e. The van der Waals surface area contributed by atoms with Crippen LogP contribution >= 0.6 is 24.8 Å². The number of likely N-dealkylation sites (tertiary alicyclic amines) is 3. The molecule has 0 spiro atoms. The molecule has 4 aliphatic heterocycles. The van der Waals surface area contributed by atoms with Crippen LogP contribution in [0.15, 0.2) is 30.3 Å². The minimum absolute atomic E-state index is 0. The van der Waals surface area contributed by atoms with Gasteiger partial charge in [0.25, 0.3) is 0 Å².